The number of benzene rings is 1. The highest BCUT2D eigenvalue weighted by Crippen LogP contribution is 2.54. The fraction of sp³-hybridized carbons (Fsp3) is 0.308. The Morgan fingerprint density at radius 3 is 2.00 bits per heavy atom. The Hall–Kier alpha value is -2.25. The van der Waals surface area contributed by atoms with Gasteiger partial charge in [-0.3, -0.25) is 4.98 Å². The zero-order chi connectivity index (χ0) is 20.9. The lowest BCUT2D eigenvalue weighted by atomic mass is 10.1. The van der Waals surface area contributed by atoms with Crippen LogP contribution in [-0.2, 0) is 10.1 Å². The molecule has 0 N–H and O–H groups in total. The van der Waals surface area contributed by atoms with Gasteiger partial charge in [-0.25, -0.2) is 0 Å². The van der Waals surface area contributed by atoms with Crippen LogP contribution in [0.2, 0.25) is 0 Å². The van der Waals surface area contributed by atoms with E-state index < -0.39 is 39.1 Å². The molecule has 0 aliphatic carbocycles. The maximum Gasteiger partial charge on any atom is 0.460 e. The Kier molecular flexibility index (Phi) is 4.79. The van der Waals surface area contributed by atoms with E-state index in [1.54, 1.807) is 0 Å². The van der Waals surface area contributed by atoms with Gasteiger partial charge in [-0.05, 0) is 24.3 Å². The Bertz CT molecular complexity index is 957. The molecule has 2 rings (SSSR count). The summed E-state index contributed by atoms with van der Waals surface area (Å²) >= 11 is 0. The van der Waals surface area contributed by atoms with Gasteiger partial charge >= 0.3 is 33.4 Å². The largest absolute Gasteiger partial charge is 0.460 e. The van der Waals surface area contributed by atoms with Gasteiger partial charge < -0.3 is 4.18 Å². The molecule has 4 nitrogen and oxygen atoms in total. The summed E-state index contributed by atoms with van der Waals surface area (Å²) < 4.78 is 142. The lowest BCUT2D eigenvalue weighted by molar-refractivity contribution is -0.382. The highest BCUT2D eigenvalue weighted by Gasteiger charge is 2.86. The first kappa shape index (κ1) is 21.1. The van der Waals surface area contributed by atoms with E-state index in [-0.39, 0.29) is 10.9 Å². The van der Waals surface area contributed by atoms with Crippen molar-refractivity contribution in [2.75, 3.05) is 0 Å². The summed E-state index contributed by atoms with van der Waals surface area (Å²) in [6.07, 6.45) is -5.85. The van der Waals surface area contributed by atoms with Crippen LogP contribution in [0.25, 0.3) is 10.9 Å². The Labute approximate surface area is 144 Å². The molecule has 0 unspecified atom stereocenters. The molecular weight excluding hydrogens is 421 g/mol. The van der Waals surface area contributed by atoms with Crippen LogP contribution in [0, 0.1) is 0 Å². The fourth-order valence-electron chi connectivity index (χ4n) is 1.80. The molecule has 0 aliphatic rings. The minimum absolute atomic E-state index is 0.0842. The van der Waals surface area contributed by atoms with E-state index in [2.05, 4.69) is 9.17 Å². The molecule has 0 amide bonds. The number of hydrogen-bond acceptors (Lipinski definition) is 4. The predicted octanol–water partition coefficient (Wildman–Crippen LogP) is 4.37. The van der Waals surface area contributed by atoms with Gasteiger partial charge in [0.1, 0.15) is 5.75 Å². The molecule has 2 aromatic rings. The Morgan fingerprint density at radius 1 is 0.852 bits per heavy atom. The van der Waals surface area contributed by atoms with Crippen molar-refractivity contribution in [1.29, 1.82) is 0 Å². The zero-order valence-electron chi connectivity index (χ0n) is 12.4. The first-order valence-electron chi connectivity index (χ1n) is 6.53. The third-order valence-electron chi connectivity index (χ3n) is 3.21. The number of nitrogens with zero attached hydrogens (tertiary/aromatic N) is 1. The molecule has 0 atom stereocenters. The van der Waals surface area contributed by atoms with E-state index >= 15 is 0 Å². The summed E-state index contributed by atoms with van der Waals surface area (Å²) in [4.78, 5) is 3.77. The van der Waals surface area contributed by atoms with E-state index in [0.29, 0.717) is 6.07 Å². The van der Waals surface area contributed by atoms with Gasteiger partial charge in [0.25, 0.3) is 0 Å². The molecule has 14 heteroatoms. The predicted molar refractivity (Wildman–Crippen MR) is 72.2 cm³/mol. The molecular formula is C13H6F9NO3S. The van der Waals surface area contributed by atoms with Crippen molar-refractivity contribution >= 4 is 21.0 Å². The van der Waals surface area contributed by atoms with E-state index in [1.807, 2.05) is 0 Å². The maximum absolute atomic E-state index is 13.5. The van der Waals surface area contributed by atoms with Gasteiger partial charge in [-0.1, -0.05) is 6.07 Å². The monoisotopic (exact) mass is 427 g/mol. The summed E-state index contributed by atoms with van der Waals surface area (Å²) in [5.74, 6) is -15.7. The van der Waals surface area contributed by atoms with Crippen LogP contribution in [0.4, 0.5) is 39.5 Å². The van der Waals surface area contributed by atoms with Crippen LogP contribution in [0.3, 0.4) is 0 Å². The molecule has 0 aliphatic heterocycles. The number of pyridine rings is 1. The van der Waals surface area contributed by atoms with E-state index in [1.165, 1.54) is 18.3 Å². The first-order chi connectivity index (χ1) is 12.0. The average molecular weight is 427 g/mol. The number of rotatable bonds is 5. The second kappa shape index (κ2) is 6.14. The van der Waals surface area contributed by atoms with Crippen molar-refractivity contribution in [3.8, 4) is 5.75 Å². The van der Waals surface area contributed by atoms with Crippen LogP contribution in [-0.4, -0.2) is 36.7 Å². The molecule has 0 saturated heterocycles. The molecule has 1 heterocycles. The fourth-order valence-corrected chi connectivity index (χ4v) is 2.71. The second-order valence-corrected chi connectivity index (χ2v) is 6.65. The van der Waals surface area contributed by atoms with Crippen molar-refractivity contribution in [1.82, 2.24) is 4.98 Å². The second-order valence-electron chi connectivity index (χ2n) is 5.06. The van der Waals surface area contributed by atoms with Crippen LogP contribution >= 0.6 is 0 Å². The minimum atomic E-state index is -7.35. The first-order valence-corrected chi connectivity index (χ1v) is 7.94. The number of alkyl halides is 9. The number of fused-ring (bicyclic) bond motifs is 1. The lowest BCUT2D eigenvalue weighted by Crippen LogP contribution is -2.63. The minimum Gasteiger partial charge on any atom is -0.378 e. The smallest absolute Gasteiger partial charge is 0.378 e. The van der Waals surface area contributed by atoms with Gasteiger partial charge in [0.2, 0.25) is 0 Å². The standard InChI is InChI=1S/C13H6F9NO3S/c14-10(15,12(18,19)20)11(16,17)13(21,22)27(24,25)26-8-3-4-9-7(6-8)2-1-5-23-9/h1-6H. The summed E-state index contributed by atoms with van der Waals surface area (Å²) in [7, 11) is -6.97. The molecule has 1 aromatic carbocycles. The molecule has 0 radical (unpaired) electrons. The Morgan fingerprint density at radius 2 is 1.44 bits per heavy atom. The highest BCUT2D eigenvalue weighted by atomic mass is 32.2. The SMILES string of the molecule is O=S(=O)(Oc1ccc2ncccc2c1)C(F)(F)C(F)(F)C(F)(F)C(F)(F)F. The lowest BCUT2D eigenvalue weighted by Gasteiger charge is -2.32. The van der Waals surface area contributed by atoms with Gasteiger partial charge in [0.15, 0.2) is 0 Å². The van der Waals surface area contributed by atoms with Gasteiger partial charge in [0, 0.05) is 11.6 Å². The molecule has 27 heavy (non-hydrogen) atoms. The topological polar surface area (TPSA) is 56.3 Å². The van der Waals surface area contributed by atoms with Gasteiger partial charge in [-0.15, -0.1) is 0 Å². The van der Waals surface area contributed by atoms with Crippen LogP contribution in [0.5, 0.6) is 5.75 Å². The summed E-state index contributed by atoms with van der Waals surface area (Å²) in [6.45, 7) is 0. The summed E-state index contributed by atoms with van der Waals surface area (Å²) in [6, 6.07) is 5.03. The third kappa shape index (κ3) is 3.26. The molecule has 150 valence electrons. The Balaban J connectivity index is 2.46. The highest BCUT2D eigenvalue weighted by molar-refractivity contribution is 7.88. The van der Waals surface area contributed by atoms with E-state index in [4.69, 9.17) is 0 Å². The molecule has 0 spiro atoms. The van der Waals surface area contributed by atoms with Crippen molar-refractivity contribution in [2.45, 2.75) is 23.3 Å². The van der Waals surface area contributed by atoms with Crippen molar-refractivity contribution in [3.05, 3.63) is 36.5 Å². The van der Waals surface area contributed by atoms with Crippen LogP contribution in [0.1, 0.15) is 0 Å². The van der Waals surface area contributed by atoms with Crippen molar-refractivity contribution < 1.29 is 52.1 Å². The van der Waals surface area contributed by atoms with Gasteiger partial charge in [-0.2, -0.15) is 47.9 Å². The molecule has 0 saturated carbocycles. The normalized spacial score (nSPS) is 14.4. The third-order valence-corrected chi connectivity index (χ3v) is 4.51. The number of aromatic nitrogens is 1. The van der Waals surface area contributed by atoms with E-state index in [9.17, 15) is 47.9 Å². The average Bonchev–Trinajstić information content (AvgIpc) is 2.52. The van der Waals surface area contributed by atoms with E-state index in [0.717, 1.165) is 12.1 Å². The van der Waals surface area contributed by atoms with Crippen molar-refractivity contribution in [2.24, 2.45) is 0 Å². The molecule has 0 bridgehead atoms. The van der Waals surface area contributed by atoms with Crippen LogP contribution < -0.4 is 4.18 Å². The van der Waals surface area contributed by atoms with Crippen LogP contribution in [0.15, 0.2) is 36.5 Å². The number of halogens is 9. The number of hydrogen-bond donors (Lipinski definition) is 0. The van der Waals surface area contributed by atoms with Crippen molar-refractivity contribution in [3.63, 3.8) is 0 Å². The van der Waals surface area contributed by atoms with Gasteiger partial charge in [0.05, 0.1) is 5.52 Å². The maximum atomic E-state index is 13.5. The zero-order valence-corrected chi connectivity index (χ0v) is 13.3. The summed E-state index contributed by atoms with van der Waals surface area (Å²) in [5.41, 5.74) is 0.197. The molecule has 1 aromatic heterocycles. The molecule has 0 fully saturated rings. The summed E-state index contributed by atoms with van der Waals surface area (Å²) in [5, 5.41) is -6.83. The quantitative estimate of drug-likeness (QED) is 0.526.